The van der Waals surface area contributed by atoms with Crippen LogP contribution in [0.4, 0.5) is 0 Å². The van der Waals surface area contributed by atoms with E-state index in [2.05, 4.69) is 5.48 Å². The molecule has 1 aliphatic rings. The number of benzene rings is 1. The Morgan fingerprint density at radius 3 is 2.64 bits per heavy atom. The van der Waals surface area contributed by atoms with Crippen molar-refractivity contribution in [2.24, 2.45) is 0 Å². The maximum absolute atomic E-state index is 5.30. The zero-order chi connectivity index (χ0) is 9.80. The van der Waals surface area contributed by atoms with Crippen LogP contribution in [0.3, 0.4) is 0 Å². The zero-order valence-electron chi connectivity index (χ0n) is 7.44. The number of thiocarbonyl (C=S) groups is 1. The smallest absolute Gasteiger partial charge is 0.119 e. The third-order valence-corrected chi connectivity index (χ3v) is 2.31. The van der Waals surface area contributed by atoms with E-state index >= 15 is 0 Å². The molecule has 1 heterocycles. The maximum atomic E-state index is 5.30. The predicted octanol–water partition coefficient (Wildman–Crippen LogP) is 2.34. The van der Waals surface area contributed by atoms with Gasteiger partial charge in [-0.2, -0.15) is 0 Å². The number of nitrogens with one attached hydrogen (secondary N) is 1. The van der Waals surface area contributed by atoms with Gasteiger partial charge < -0.3 is 4.84 Å². The average Bonchev–Trinajstić information content (AvgIpc) is 2.30. The second-order valence-electron chi connectivity index (χ2n) is 2.82. The summed E-state index contributed by atoms with van der Waals surface area (Å²) in [6.07, 6.45) is 5.26. The van der Waals surface area contributed by atoms with Gasteiger partial charge in [0.2, 0.25) is 0 Å². The second-order valence-corrected chi connectivity index (χ2v) is 3.23. The van der Waals surface area contributed by atoms with Crippen molar-refractivity contribution >= 4 is 17.1 Å². The number of hydroxylamine groups is 1. The van der Waals surface area contributed by atoms with Crippen molar-refractivity contribution in [3.63, 3.8) is 0 Å². The van der Waals surface area contributed by atoms with Gasteiger partial charge in [0.1, 0.15) is 6.26 Å². The zero-order valence-corrected chi connectivity index (χ0v) is 8.25. The molecule has 1 N–H and O–H groups in total. The third kappa shape index (κ3) is 1.83. The summed E-state index contributed by atoms with van der Waals surface area (Å²) >= 11 is 5.30. The van der Waals surface area contributed by atoms with Gasteiger partial charge in [0, 0.05) is 0 Å². The van der Waals surface area contributed by atoms with Gasteiger partial charge in [-0.25, -0.2) is 5.48 Å². The molecule has 0 aromatic heterocycles. The summed E-state index contributed by atoms with van der Waals surface area (Å²) in [7, 11) is 0. The van der Waals surface area contributed by atoms with E-state index in [4.69, 9.17) is 17.1 Å². The van der Waals surface area contributed by atoms with Crippen LogP contribution in [-0.2, 0) is 4.84 Å². The van der Waals surface area contributed by atoms with Crippen LogP contribution in [0.1, 0.15) is 5.56 Å². The summed E-state index contributed by atoms with van der Waals surface area (Å²) in [5.74, 6) is 0. The first-order valence-corrected chi connectivity index (χ1v) is 4.67. The van der Waals surface area contributed by atoms with Gasteiger partial charge in [0.25, 0.3) is 0 Å². The van der Waals surface area contributed by atoms with Gasteiger partial charge >= 0.3 is 0 Å². The first-order valence-electron chi connectivity index (χ1n) is 4.26. The molecule has 0 unspecified atom stereocenters. The average molecular weight is 203 g/mol. The minimum atomic E-state index is 0.759. The van der Waals surface area contributed by atoms with E-state index in [1.165, 1.54) is 0 Å². The Balaban J connectivity index is 2.24. The second kappa shape index (κ2) is 4.07. The highest BCUT2D eigenvalue weighted by atomic mass is 32.1. The molecule has 2 nitrogen and oxygen atoms in total. The largest absolute Gasteiger partial charge is 0.390 e. The van der Waals surface area contributed by atoms with Crippen molar-refractivity contribution in [3.05, 3.63) is 60.0 Å². The summed E-state index contributed by atoms with van der Waals surface area (Å²) in [6, 6.07) is 9.83. The van der Waals surface area contributed by atoms with E-state index in [-0.39, 0.29) is 0 Å². The van der Waals surface area contributed by atoms with Gasteiger partial charge in [0.05, 0.1) is 10.6 Å². The van der Waals surface area contributed by atoms with Crippen LogP contribution in [0, 0.1) is 0 Å². The topological polar surface area (TPSA) is 21.3 Å². The first kappa shape index (κ1) is 8.97. The maximum Gasteiger partial charge on any atom is 0.119 e. The molecule has 0 fully saturated rings. The standard InChI is InChI=1S/C11H9NOS/c14-11(9-5-2-1-3-6-9)10-7-4-8-13-12-10/h1-8,12H. The summed E-state index contributed by atoms with van der Waals surface area (Å²) in [5, 5.41) is 0. The molecule has 14 heavy (non-hydrogen) atoms. The lowest BCUT2D eigenvalue weighted by molar-refractivity contribution is 0.166. The van der Waals surface area contributed by atoms with Crippen LogP contribution in [-0.4, -0.2) is 4.86 Å². The fraction of sp³-hybridized carbons (Fsp3) is 0. The van der Waals surface area contributed by atoms with E-state index < -0.39 is 0 Å². The van der Waals surface area contributed by atoms with E-state index in [9.17, 15) is 0 Å². The quantitative estimate of drug-likeness (QED) is 0.589. The fourth-order valence-electron chi connectivity index (χ4n) is 1.17. The van der Waals surface area contributed by atoms with E-state index in [0.717, 1.165) is 16.1 Å². The summed E-state index contributed by atoms with van der Waals surface area (Å²) < 4.78 is 0. The molecular weight excluding hydrogens is 194 g/mol. The van der Waals surface area contributed by atoms with Crippen molar-refractivity contribution in [1.29, 1.82) is 0 Å². The number of hydrogen-bond acceptors (Lipinski definition) is 3. The van der Waals surface area contributed by atoms with Crippen molar-refractivity contribution in [2.75, 3.05) is 0 Å². The SMILES string of the molecule is S=C(C1=CC=CON1)c1ccccc1. The summed E-state index contributed by atoms with van der Waals surface area (Å²) in [4.78, 5) is 5.70. The Morgan fingerprint density at radius 1 is 1.21 bits per heavy atom. The molecule has 0 saturated carbocycles. The van der Waals surface area contributed by atoms with Crippen molar-refractivity contribution in [2.45, 2.75) is 0 Å². The molecule has 1 aromatic rings. The molecule has 1 aliphatic heterocycles. The summed E-state index contributed by atoms with van der Waals surface area (Å²) in [6.45, 7) is 0. The molecule has 70 valence electrons. The molecule has 1 aromatic carbocycles. The lowest BCUT2D eigenvalue weighted by atomic mass is 10.1. The number of rotatable bonds is 2. The van der Waals surface area contributed by atoms with E-state index in [1.807, 2.05) is 36.4 Å². The van der Waals surface area contributed by atoms with Gasteiger partial charge in [0.15, 0.2) is 0 Å². The predicted molar refractivity (Wildman–Crippen MR) is 59.6 cm³/mol. The molecular formula is C11H9NOS. The highest BCUT2D eigenvalue weighted by Gasteiger charge is 2.07. The van der Waals surface area contributed by atoms with Gasteiger partial charge in [-0.1, -0.05) is 42.5 Å². The van der Waals surface area contributed by atoms with E-state index in [1.54, 1.807) is 12.3 Å². The molecule has 0 atom stereocenters. The Labute approximate surface area is 87.8 Å². The third-order valence-electron chi connectivity index (χ3n) is 1.86. The number of allylic oxidation sites excluding steroid dienone is 3. The van der Waals surface area contributed by atoms with Crippen LogP contribution < -0.4 is 5.48 Å². The highest BCUT2D eigenvalue weighted by molar-refractivity contribution is 7.81. The molecule has 0 spiro atoms. The van der Waals surface area contributed by atoms with Crippen molar-refractivity contribution < 1.29 is 4.84 Å². The number of hydrogen-bond donors (Lipinski definition) is 1. The molecule has 0 bridgehead atoms. The minimum Gasteiger partial charge on any atom is -0.390 e. The Morgan fingerprint density at radius 2 is 2.00 bits per heavy atom. The Kier molecular flexibility index (Phi) is 2.60. The normalized spacial score (nSPS) is 13.9. The Hall–Kier alpha value is -1.61. The highest BCUT2D eigenvalue weighted by Crippen LogP contribution is 2.09. The van der Waals surface area contributed by atoms with E-state index in [0.29, 0.717) is 0 Å². The summed E-state index contributed by atoms with van der Waals surface area (Å²) in [5.41, 5.74) is 4.58. The van der Waals surface area contributed by atoms with Crippen LogP contribution in [0.5, 0.6) is 0 Å². The van der Waals surface area contributed by atoms with Gasteiger partial charge in [-0.3, -0.25) is 0 Å². The van der Waals surface area contributed by atoms with Gasteiger partial charge in [-0.15, -0.1) is 0 Å². The first-order chi connectivity index (χ1) is 6.88. The van der Waals surface area contributed by atoms with Crippen molar-refractivity contribution in [1.82, 2.24) is 5.48 Å². The monoisotopic (exact) mass is 203 g/mol. The van der Waals surface area contributed by atoms with Crippen LogP contribution >= 0.6 is 12.2 Å². The molecule has 2 rings (SSSR count). The van der Waals surface area contributed by atoms with Crippen LogP contribution in [0.2, 0.25) is 0 Å². The van der Waals surface area contributed by atoms with Gasteiger partial charge in [-0.05, 0) is 17.7 Å². The lowest BCUT2D eigenvalue weighted by Crippen LogP contribution is -2.20. The minimum absolute atomic E-state index is 0.759. The molecule has 0 amide bonds. The van der Waals surface area contributed by atoms with Crippen LogP contribution in [0.25, 0.3) is 0 Å². The molecule has 0 saturated heterocycles. The molecule has 3 heteroatoms. The fourth-order valence-corrected chi connectivity index (χ4v) is 1.42. The molecule has 0 aliphatic carbocycles. The Bertz CT molecular complexity index is 395. The lowest BCUT2D eigenvalue weighted by Gasteiger charge is -2.12. The van der Waals surface area contributed by atoms with Crippen LogP contribution in [0.15, 0.2) is 54.4 Å². The van der Waals surface area contributed by atoms with Crippen molar-refractivity contribution in [3.8, 4) is 0 Å². The molecule has 0 radical (unpaired) electrons.